The number of carbonyl (C=O) groups is 2. The van der Waals surface area contributed by atoms with E-state index in [-0.39, 0.29) is 30.6 Å². The Bertz CT molecular complexity index is 717. The van der Waals surface area contributed by atoms with Crippen molar-refractivity contribution in [2.75, 3.05) is 33.0 Å². The summed E-state index contributed by atoms with van der Waals surface area (Å²) >= 11 is 0. The van der Waals surface area contributed by atoms with Crippen molar-refractivity contribution in [3.8, 4) is 0 Å². The van der Waals surface area contributed by atoms with Crippen LogP contribution in [0.3, 0.4) is 0 Å². The Morgan fingerprint density at radius 3 is 1.97 bits per heavy atom. The molecule has 0 N–H and O–H groups in total. The second-order valence-corrected chi connectivity index (χ2v) is 21.0. The molecule has 1 atom stereocenters. The molecular formula is C27H52O7Si2. The van der Waals surface area contributed by atoms with Gasteiger partial charge >= 0.3 is 11.9 Å². The lowest BCUT2D eigenvalue weighted by molar-refractivity contribution is -0.141. The van der Waals surface area contributed by atoms with Gasteiger partial charge in [-0.1, -0.05) is 39.2 Å². The molecule has 0 amide bonds. The molecule has 0 bridgehead atoms. The minimum atomic E-state index is -1.89. The fourth-order valence-corrected chi connectivity index (χ4v) is 10.4. The third kappa shape index (κ3) is 15.8. The van der Waals surface area contributed by atoms with Crippen molar-refractivity contribution in [1.29, 1.82) is 0 Å². The van der Waals surface area contributed by atoms with Crippen molar-refractivity contribution < 1.29 is 33.0 Å². The molecule has 0 saturated heterocycles. The molecule has 0 aliphatic heterocycles. The van der Waals surface area contributed by atoms with Crippen molar-refractivity contribution in [3.05, 3.63) is 24.5 Å². The van der Waals surface area contributed by atoms with E-state index in [1.165, 1.54) is 0 Å². The SMILES string of the molecule is C=C(C)OC(=O)CCOCCC[Si](C)(C)OC(C)(C)C(C)[Si](C)(C)CCCOCCOC(=O)C(=C)C. The van der Waals surface area contributed by atoms with Gasteiger partial charge in [0, 0.05) is 18.8 Å². The van der Waals surface area contributed by atoms with Crippen molar-refractivity contribution in [2.24, 2.45) is 0 Å². The molecule has 210 valence electrons. The first-order chi connectivity index (χ1) is 16.5. The van der Waals surface area contributed by atoms with Crippen LogP contribution in [0.5, 0.6) is 0 Å². The molecule has 0 aromatic rings. The highest BCUT2D eigenvalue weighted by Gasteiger charge is 2.42. The molecule has 9 heteroatoms. The van der Waals surface area contributed by atoms with Crippen LogP contribution in [-0.4, -0.2) is 67.0 Å². The van der Waals surface area contributed by atoms with Gasteiger partial charge in [-0.05, 0) is 65.2 Å². The maximum atomic E-state index is 11.5. The monoisotopic (exact) mass is 544 g/mol. The molecular weight excluding hydrogens is 492 g/mol. The Morgan fingerprint density at radius 1 is 0.861 bits per heavy atom. The molecule has 0 aromatic heterocycles. The molecule has 0 aromatic carbocycles. The molecule has 0 aliphatic rings. The quantitative estimate of drug-likeness (QED) is 0.0570. The van der Waals surface area contributed by atoms with E-state index < -0.39 is 16.4 Å². The molecule has 0 aliphatic carbocycles. The molecule has 0 radical (unpaired) electrons. The number of allylic oxidation sites excluding steroid dienone is 1. The van der Waals surface area contributed by atoms with E-state index in [9.17, 15) is 9.59 Å². The van der Waals surface area contributed by atoms with Crippen LogP contribution in [-0.2, 0) is 33.0 Å². The zero-order valence-electron chi connectivity index (χ0n) is 24.4. The molecule has 36 heavy (non-hydrogen) atoms. The van der Waals surface area contributed by atoms with Gasteiger partial charge < -0.3 is 23.4 Å². The predicted molar refractivity (Wildman–Crippen MR) is 151 cm³/mol. The third-order valence-corrected chi connectivity index (χ3v) is 13.8. The summed E-state index contributed by atoms with van der Waals surface area (Å²) in [6, 6.07) is 2.15. The van der Waals surface area contributed by atoms with Crippen LogP contribution < -0.4 is 0 Å². The Labute approximate surface area is 222 Å². The van der Waals surface area contributed by atoms with Crippen molar-refractivity contribution in [1.82, 2.24) is 0 Å². The topological polar surface area (TPSA) is 80.3 Å². The summed E-state index contributed by atoms with van der Waals surface area (Å²) in [4.78, 5) is 22.9. The van der Waals surface area contributed by atoms with Crippen molar-refractivity contribution >= 4 is 28.3 Å². The zero-order valence-corrected chi connectivity index (χ0v) is 26.4. The minimum Gasteiger partial charge on any atom is -0.460 e. The number of hydrogen-bond acceptors (Lipinski definition) is 7. The van der Waals surface area contributed by atoms with Gasteiger partial charge in [0.15, 0.2) is 8.32 Å². The molecule has 7 nitrogen and oxygen atoms in total. The molecule has 0 fully saturated rings. The van der Waals surface area contributed by atoms with Crippen molar-refractivity contribution in [2.45, 2.75) is 103 Å². The Hall–Kier alpha value is -1.27. The molecule has 1 unspecified atom stereocenters. The lowest BCUT2D eigenvalue weighted by atomic mass is 10.1. The summed E-state index contributed by atoms with van der Waals surface area (Å²) in [7, 11) is -3.46. The van der Waals surface area contributed by atoms with Crippen LogP contribution in [0.4, 0.5) is 0 Å². The average molecular weight is 545 g/mol. The summed E-state index contributed by atoms with van der Waals surface area (Å²) in [5, 5.41) is 0. The van der Waals surface area contributed by atoms with E-state index >= 15 is 0 Å². The van der Waals surface area contributed by atoms with E-state index in [0.29, 0.717) is 43.3 Å². The van der Waals surface area contributed by atoms with Crippen LogP contribution in [0, 0.1) is 0 Å². The zero-order chi connectivity index (χ0) is 28.0. The van der Waals surface area contributed by atoms with Gasteiger partial charge in [-0.3, -0.25) is 4.79 Å². The fraction of sp³-hybridized carbons (Fsp3) is 0.778. The maximum absolute atomic E-state index is 11.5. The van der Waals surface area contributed by atoms with E-state index in [0.717, 1.165) is 24.9 Å². The first-order valence-electron chi connectivity index (χ1n) is 13.0. The van der Waals surface area contributed by atoms with Crippen LogP contribution in [0.15, 0.2) is 24.5 Å². The first kappa shape index (κ1) is 34.7. The lowest BCUT2D eigenvalue weighted by Crippen LogP contribution is -2.50. The normalized spacial score (nSPS) is 13.2. The van der Waals surface area contributed by atoms with Crippen LogP contribution in [0.1, 0.15) is 53.9 Å². The third-order valence-electron chi connectivity index (χ3n) is 6.48. The molecule has 0 heterocycles. The van der Waals surface area contributed by atoms with E-state index in [2.05, 4.69) is 60.1 Å². The number of hydrogen-bond donors (Lipinski definition) is 0. The molecule has 0 saturated carbocycles. The summed E-state index contributed by atoms with van der Waals surface area (Å²) in [5.74, 6) is -0.276. The number of ether oxygens (including phenoxy) is 4. The smallest absolute Gasteiger partial charge is 0.333 e. The van der Waals surface area contributed by atoms with Gasteiger partial charge in [-0.25, -0.2) is 4.79 Å². The standard InChI is InChI=1S/C27H52O7Si2/c1-22(2)26(29)32-19-18-31-15-12-20-35(8,9)24(5)27(6,7)34-36(10,11)21-13-16-30-17-14-25(28)33-23(3)4/h24H,1,3,12-21H2,2,4-11H3. The van der Waals surface area contributed by atoms with Gasteiger partial charge in [0.1, 0.15) is 6.61 Å². The molecule has 0 rings (SSSR count). The second kappa shape index (κ2) is 16.5. The Morgan fingerprint density at radius 2 is 1.42 bits per heavy atom. The van der Waals surface area contributed by atoms with Crippen LogP contribution >= 0.6 is 0 Å². The Balaban J connectivity index is 4.36. The predicted octanol–water partition coefficient (Wildman–Crippen LogP) is 6.48. The summed E-state index contributed by atoms with van der Waals surface area (Å²) in [5.41, 5.74) is 0.680. The van der Waals surface area contributed by atoms with E-state index in [1.807, 2.05) is 0 Å². The lowest BCUT2D eigenvalue weighted by Gasteiger charge is -2.45. The van der Waals surface area contributed by atoms with E-state index in [1.54, 1.807) is 13.8 Å². The number of esters is 2. The Kier molecular flexibility index (Phi) is 16.0. The van der Waals surface area contributed by atoms with Crippen LogP contribution in [0.2, 0.25) is 43.8 Å². The minimum absolute atomic E-state index is 0.198. The fourth-order valence-electron chi connectivity index (χ4n) is 4.16. The van der Waals surface area contributed by atoms with E-state index in [4.69, 9.17) is 23.4 Å². The van der Waals surface area contributed by atoms with Gasteiger partial charge in [-0.2, -0.15) is 0 Å². The van der Waals surface area contributed by atoms with Gasteiger partial charge in [0.05, 0.1) is 39.1 Å². The maximum Gasteiger partial charge on any atom is 0.333 e. The van der Waals surface area contributed by atoms with Crippen molar-refractivity contribution in [3.63, 3.8) is 0 Å². The van der Waals surface area contributed by atoms with Gasteiger partial charge in [-0.15, -0.1) is 0 Å². The van der Waals surface area contributed by atoms with Gasteiger partial charge in [0.25, 0.3) is 0 Å². The second-order valence-electron chi connectivity index (χ2n) is 11.4. The largest absolute Gasteiger partial charge is 0.460 e. The highest BCUT2D eigenvalue weighted by Crippen LogP contribution is 2.40. The average Bonchev–Trinajstić information content (AvgIpc) is 2.73. The summed E-state index contributed by atoms with van der Waals surface area (Å²) < 4.78 is 28.1. The number of rotatable bonds is 20. The molecule has 0 spiro atoms. The highest BCUT2D eigenvalue weighted by atomic mass is 28.4. The van der Waals surface area contributed by atoms with Gasteiger partial charge in [0.2, 0.25) is 0 Å². The number of carbonyl (C=O) groups excluding carboxylic acids is 2. The first-order valence-corrected chi connectivity index (χ1v) is 19.4. The summed E-state index contributed by atoms with van der Waals surface area (Å²) in [6.45, 7) is 28.9. The highest BCUT2D eigenvalue weighted by molar-refractivity contribution is 6.79. The summed E-state index contributed by atoms with van der Waals surface area (Å²) in [6.07, 6.45) is 2.15. The van der Waals surface area contributed by atoms with Crippen LogP contribution in [0.25, 0.3) is 0 Å².